The third-order valence-electron chi connectivity index (χ3n) is 7.01. The van der Waals surface area contributed by atoms with Crippen LogP contribution in [0.2, 0.25) is 5.02 Å². The number of methoxy groups -OCH3 is 1. The van der Waals surface area contributed by atoms with Crippen LogP contribution in [0.25, 0.3) is 11.3 Å². The van der Waals surface area contributed by atoms with Crippen molar-refractivity contribution in [3.63, 3.8) is 0 Å². The summed E-state index contributed by atoms with van der Waals surface area (Å²) in [6, 6.07) is 7.49. The highest BCUT2D eigenvalue weighted by Gasteiger charge is 2.43. The van der Waals surface area contributed by atoms with E-state index in [2.05, 4.69) is 20.6 Å². The molecular formula is C26H27ClN4O5. The van der Waals surface area contributed by atoms with Crippen LogP contribution >= 0.6 is 11.6 Å². The van der Waals surface area contributed by atoms with E-state index >= 15 is 0 Å². The van der Waals surface area contributed by atoms with Crippen LogP contribution in [-0.4, -0.2) is 61.6 Å². The van der Waals surface area contributed by atoms with Gasteiger partial charge in [0.25, 0.3) is 5.91 Å². The van der Waals surface area contributed by atoms with E-state index in [-0.39, 0.29) is 24.0 Å². The van der Waals surface area contributed by atoms with Gasteiger partial charge >= 0.3 is 0 Å². The number of halogens is 1. The lowest BCUT2D eigenvalue weighted by Gasteiger charge is -2.40. The van der Waals surface area contributed by atoms with E-state index in [1.807, 2.05) is 18.2 Å². The number of carbonyl (C=O) groups excluding carboxylic acids is 1. The zero-order valence-electron chi connectivity index (χ0n) is 19.8. The smallest absolute Gasteiger partial charge is 0.255 e. The van der Waals surface area contributed by atoms with Crippen LogP contribution in [0.5, 0.6) is 11.5 Å². The number of anilines is 2. The molecule has 3 atom stereocenters. The third-order valence-corrected chi connectivity index (χ3v) is 7.31. The molecule has 0 spiro atoms. The maximum absolute atomic E-state index is 13.3. The number of H-pyrrole nitrogens is 1. The van der Waals surface area contributed by atoms with Crippen LogP contribution in [0.15, 0.2) is 36.7 Å². The molecule has 0 unspecified atom stereocenters. The summed E-state index contributed by atoms with van der Waals surface area (Å²) in [6.07, 6.45) is 5.21. The Hall–Kier alpha value is -3.27. The first-order chi connectivity index (χ1) is 17.6. The molecule has 36 heavy (non-hydrogen) atoms. The number of rotatable bonds is 7. The van der Waals surface area contributed by atoms with Crippen molar-refractivity contribution in [3.05, 3.63) is 52.9 Å². The maximum atomic E-state index is 13.3. The first kappa shape index (κ1) is 23.1. The minimum atomic E-state index is -0.154. The highest BCUT2D eigenvalue weighted by molar-refractivity contribution is 6.32. The summed E-state index contributed by atoms with van der Waals surface area (Å²) in [4.78, 5) is 21.1. The maximum Gasteiger partial charge on any atom is 0.255 e. The van der Waals surface area contributed by atoms with Crippen molar-refractivity contribution in [2.24, 2.45) is 0 Å². The third kappa shape index (κ3) is 4.07. The van der Waals surface area contributed by atoms with Crippen LogP contribution in [0.4, 0.5) is 11.4 Å². The van der Waals surface area contributed by atoms with Gasteiger partial charge in [0, 0.05) is 29.4 Å². The molecule has 2 fully saturated rings. The SMILES string of the molecule is COc1c(Cl)cccc1Nc1c(-c2ccncc2OC[C@@H]2COCCO2)[nH]c2c1C(=O)N[C@@H]1CC[C@H]21. The lowest BCUT2D eigenvalue weighted by Crippen LogP contribution is -2.49. The van der Waals surface area contributed by atoms with E-state index in [1.165, 1.54) is 0 Å². The normalized spacial score (nSPS) is 22.6. The zero-order valence-corrected chi connectivity index (χ0v) is 20.6. The fraction of sp³-hybridized carbons (Fsp3) is 0.385. The molecule has 10 heteroatoms. The quantitative estimate of drug-likeness (QED) is 0.436. The van der Waals surface area contributed by atoms with Gasteiger partial charge in [0.1, 0.15) is 18.5 Å². The van der Waals surface area contributed by atoms with Crippen molar-refractivity contribution < 1.29 is 23.7 Å². The number of benzene rings is 1. The highest BCUT2D eigenvalue weighted by atomic mass is 35.5. The predicted octanol–water partition coefficient (Wildman–Crippen LogP) is 4.27. The fourth-order valence-corrected chi connectivity index (χ4v) is 5.34. The summed E-state index contributed by atoms with van der Waals surface area (Å²) in [5.41, 5.74) is 4.34. The second-order valence-corrected chi connectivity index (χ2v) is 9.53. The molecule has 4 heterocycles. The molecular weight excluding hydrogens is 484 g/mol. The number of amides is 1. The predicted molar refractivity (Wildman–Crippen MR) is 135 cm³/mol. The van der Waals surface area contributed by atoms with Crippen molar-refractivity contribution in [1.29, 1.82) is 0 Å². The van der Waals surface area contributed by atoms with E-state index in [0.29, 0.717) is 59.9 Å². The number of pyridine rings is 1. The Morgan fingerprint density at radius 1 is 1.25 bits per heavy atom. The molecule has 3 aliphatic rings. The Kier molecular flexibility index (Phi) is 6.20. The van der Waals surface area contributed by atoms with Gasteiger partial charge in [-0.15, -0.1) is 0 Å². The summed E-state index contributed by atoms with van der Waals surface area (Å²) >= 11 is 6.39. The summed E-state index contributed by atoms with van der Waals surface area (Å²) in [6.45, 7) is 1.95. The average molecular weight is 511 g/mol. The molecule has 0 bridgehead atoms. The number of fused-ring (bicyclic) bond motifs is 3. The summed E-state index contributed by atoms with van der Waals surface area (Å²) in [5.74, 6) is 1.21. The summed E-state index contributed by atoms with van der Waals surface area (Å²) in [5, 5.41) is 7.07. The molecule has 0 radical (unpaired) electrons. The number of aromatic nitrogens is 2. The first-order valence-electron chi connectivity index (χ1n) is 12.1. The van der Waals surface area contributed by atoms with Gasteiger partial charge in [-0.1, -0.05) is 17.7 Å². The first-order valence-corrected chi connectivity index (χ1v) is 12.4. The number of ether oxygens (including phenoxy) is 4. The van der Waals surface area contributed by atoms with Crippen molar-refractivity contribution in [2.45, 2.75) is 30.9 Å². The second-order valence-electron chi connectivity index (χ2n) is 9.12. The zero-order chi connectivity index (χ0) is 24.6. The Balaban J connectivity index is 1.43. The van der Waals surface area contributed by atoms with E-state index in [1.54, 1.807) is 25.6 Å². The minimum Gasteiger partial charge on any atom is -0.493 e. The molecule has 1 amide bonds. The number of aromatic amines is 1. The van der Waals surface area contributed by atoms with Gasteiger partial charge in [-0.3, -0.25) is 9.78 Å². The molecule has 9 nitrogen and oxygen atoms in total. The van der Waals surface area contributed by atoms with Crippen molar-refractivity contribution >= 4 is 28.9 Å². The Bertz CT molecular complexity index is 1290. The Morgan fingerprint density at radius 2 is 2.17 bits per heavy atom. The molecule has 6 rings (SSSR count). The lowest BCUT2D eigenvalue weighted by molar-refractivity contribution is -0.101. The summed E-state index contributed by atoms with van der Waals surface area (Å²) in [7, 11) is 1.57. The molecule has 3 N–H and O–H groups in total. The number of hydrogen-bond acceptors (Lipinski definition) is 7. The van der Waals surface area contributed by atoms with E-state index < -0.39 is 0 Å². The number of para-hydroxylation sites is 1. The van der Waals surface area contributed by atoms with Crippen molar-refractivity contribution in [1.82, 2.24) is 15.3 Å². The van der Waals surface area contributed by atoms with Crippen molar-refractivity contribution in [2.75, 3.05) is 38.9 Å². The van der Waals surface area contributed by atoms with Gasteiger partial charge in [0.15, 0.2) is 5.75 Å². The van der Waals surface area contributed by atoms with E-state index in [4.69, 9.17) is 30.5 Å². The van der Waals surface area contributed by atoms with Crippen molar-refractivity contribution in [3.8, 4) is 22.8 Å². The lowest BCUT2D eigenvalue weighted by atomic mass is 9.74. The number of nitrogens with one attached hydrogen (secondary N) is 3. The molecule has 3 aromatic rings. The van der Waals surface area contributed by atoms with Crippen LogP contribution < -0.4 is 20.1 Å². The van der Waals surface area contributed by atoms with Gasteiger partial charge in [0.05, 0.1) is 60.8 Å². The Labute approximate surface area is 213 Å². The molecule has 1 aromatic carbocycles. The average Bonchev–Trinajstić information content (AvgIpc) is 3.24. The van der Waals surface area contributed by atoms with Gasteiger partial charge in [-0.2, -0.15) is 0 Å². The van der Waals surface area contributed by atoms with Gasteiger partial charge in [0.2, 0.25) is 0 Å². The Morgan fingerprint density at radius 3 is 2.94 bits per heavy atom. The number of hydrogen-bond donors (Lipinski definition) is 3. The monoisotopic (exact) mass is 510 g/mol. The second kappa shape index (κ2) is 9.65. The topological polar surface area (TPSA) is 107 Å². The van der Waals surface area contributed by atoms with Crippen LogP contribution in [-0.2, 0) is 9.47 Å². The molecule has 1 saturated heterocycles. The molecule has 188 valence electrons. The van der Waals surface area contributed by atoms with Crippen LogP contribution in [0.3, 0.4) is 0 Å². The fourth-order valence-electron chi connectivity index (χ4n) is 5.09. The van der Waals surface area contributed by atoms with Gasteiger partial charge < -0.3 is 34.6 Å². The van der Waals surface area contributed by atoms with Crippen LogP contribution in [0.1, 0.15) is 34.8 Å². The molecule has 2 aromatic heterocycles. The van der Waals surface area contributed by atoms with Gasteiger partial charge in [-0.05, 0) is 31.0 Å². The van der Waals surface area contributed by atoms with E-state index in [0.717, 1.165) is 29.8 Å². The minimum absolute atomic E-state index is 0.110. The van der Waals surface area contributed by atoms with Gasteiger partial charge in [-0.25, -0.2) is 0 Å². The largest absolute Gasteiger partial charge is 0.493 e. The highest BCUT2D eigenvalue weighted by Crippen LogP contribution is 2.49. The van der Waals surface area contributed by atoms with E-state index in [9.17, 15) is 4.79 Å². The molecule has 1 saturated carbocycles. The summed E-state index contributed by atoms with van der Waals surface area (Å²) < 4.78 is 22.9. The number of carbonyl (C=O) groups is 1. The standard InChI is InChI=1S/C26H27ClN4O5/c1-33-25-17(27)3-2-4-19(25)29-24-21-22(15-5-6-18(15)30-26(21)32)31-23(24)16-7-8-28-11-20(16)36-13-14-12-34-9-10-35-14/h2-4,7-8,11,14-15,18,29,31H,5-6,9-10,12-13H2,1H3,(H,30,32)/t14-,15-,18+/m0/s1. The molecule has 2 aliphatic heterocycles. The molecule has 1 aliphatic carbocycles. The number of nitrogens with zero attached hydrogens (tertiary/aromatic N) is 1. The van der Waals surface area contributed by atoms with Crippen LogP contribution in [0, 0.1) is 0 Å².